The van der Waals surface area contributed by atoms with Crippen LogP contribution in [0.4, 0.5) is 0 Å². The highest BCUT2D eigenvalue weighted by atomic mass is 32.2. The lowest BCUT2D eigenvalue weighted by Gasteiger charge is -2.38. The first-order chi connectivity index (χ1) is 10.9. The van der Waals surface area contributed by atoms with Crippen molar-refractivity contribution in [1.82, 2.24) is 14.5 Å². The van der Waals surface area contributed by atoms with E-state index in [1.807, 2.05) is 0 Å². The Morgan fingerprint density at radius 3 is 2.57 bits per heavy atom. The van der Waals surface area contributed by atoms with Crippen LogP contribution >= 0.6 is 0 Å². The quantitative estimate of drug-likeness (QED) is 0.432. The number of hydrogen-bond donors (Lipinski definition) is 1. The second-order valence-corrected chi connectivity index (χ2v) is 9.20. The lowest BCUT2D eigenvalue weighted by molar-refractivity contribution is 0.151. The van der Waals surface area contributed by atoms with E-state index in [0.717, 1.165) is 32.0 Å². The maximum Gasteiger partial charge on any atom is 0.213 e. The molecule has 2 fully saturated rings. The van der Waals surface area contributed by atoms with Crippen molar-refractivity contribution < 1.29 is 8.42 Å². The van der Waals surface area contributed by atoms with Crippen LogP contribution in [0.15, 0.2) is 4.99 Å². The van der Waals surface area contributed by atoms with Crippen molar-refractivity contribution >= 4 is 16.0 Å². The highest BCUT2D eigenvalue weighted by Gasteiger charge is 2.43. The molecular formula is C16H32N4O2S. The summed E-state index contributed by atoms with van der Waals surface area (Å²) >= 11 is 0. The van der Waals surface area contributed by atoms with Gasteiger partial charge in [0.15, 0.2) is 5.96 Å². The molecule has 0 unspecified atom stereocenters. The molecule has 0 radical (unpaired) electrons. The molecule has 1 N–H and O–H groups in total. The van der Waals surface area contributed by atoms with Crippen molar-refractivity contribution in [2.45, 2.75) is 46.0 Å². The zero-order valence-electron chi connectivity index (χ0n) is 14.8. The van der Waals surface area contributed by atoms with E-state index in [1.165, 1.54) is 30.0 Å². The van der Waals surface area contributed by atoms with Gasteiger partial charge in [0, 0.05) is 39.8 Å². The first-order valence-corrected chi connectivity index (χ1v) is 10.5. The molecule has 2 aliphatic rings. The van der Waals surface area contributed by atoms with Crippen molar-refractivity contribution in [3.8, 4) is 0 Å². The second-order valence-electron chi connectivity index (χ2n) is 6.84. The van der Waals surface area contributed by atoms with E-state index in [-0.39, 0.29) is 5.75 Å². The van der Waals surface area contributed by atoms with Gasteiger partial charge in [0.2, 0.25) is 10.0 Å². The number of aliphatic imine (C=N–C) groups is 1. The Labute approximate surface area is 141 Å². The highest BCUT2D eigenvalue weighted by molar-refractivity contribution is 7.89. The van der Waals surface area contributed by atoms with Gasteiger partial charge in [0.25, 0.3) is 0 Å². The molecule has 1 spiro atoms. The van der Waals surface area contributed by atoms with Crippen molar-refractivity contribution in [3.63, 3.8) is 0 Å². The summed E-state index contributed by atoms with van der Waals surface area (Å²) in [6.07, 6.45) is 6.14. The van der Waals surface area contributed by atoms with E-state index in [2.05, 4.69) is 17.1 Å². The lowest BCUT2D eigenvalue weighted by atomic mass is 9.68. The molecule has 1 aliphatic heterocycles. The van der Waals surface area contributed by atoms with Crippen molar-refractivity contribution in [2.75, 3.05) is 45.5 Å². The molecule has 7 heteroatoms. The molecule has 0 amide bonds. The van der Waals surface area contributed by atoms with E-state index in [9.17, 15) is 8.42 Å². The van der Waals surface area contributed by atoms with Gasteiger partial charge in [0.1, 0.15) is 0 Å². The largest absolute Gasteiger partial charge is 0.357 e. The summed E-state index contributed by atoms with van der Waals surface area (Å²) in [5.41, 5.74) is 0.561. The molecule has 0 bridgehead atoms. The van der Waals surface area contributed by atoms with Crippen LogP contribution in [-0.2, 0) is 10.0 Å². The smallest absolute Gasteiger partial charge is 0.213 e. The normalized spacial score (nSPS) is 21.0. The molecule has 1 heterocycles. The van der Waals surface area contributed by atoms with Gasteiger partial charge in [-0.1, -0.05) is 6.42 Å². The predicted molar refractivity (Wildman–Crippen MR) is 95.2 cm³/mol. The van der Waals surface area contributed by atoms with Crippen LogP contribution in [0, 0.1) is 5.41 Å². The fourth-order valence-corrected chi connectivity index (χ4v) is 4.31. The second kappa shape index (κ2) is 7.83. The minimum Gasteiger partial charge on any atom is -0.357 e. The van der Waals surface area contributed by atoms with Crippen molar-refractivity contribution in [2.24, 2.45) is 10.4 Å². The zero-order chi connectivity index (χ0) is 16.9. The van der Waals surface area contributed by atoms with Crippen LogP contribution in [0.2, 0.25) is 0 Å². The van der Waals surface area contributed by atoms with Gasteiger partial charge in [-0.15, -0.1) is 0 Å². The van der Waals surface area contributed by atoms with Crippen LogP contribution in [-0.4, -0.2) is 69.1 Å². The Balaban J connectivity index is 1.82. The fourth-order valence-electron chi connectivity index (χ4n) is 3.46. The number of guanidine groups is 1. The molecule has 0 aromatic rings. The summed E-state index contributed by atoms with van der Waals surface area (Å²) in [5.74, 6) is 1.16. The Kier molecular flexibility index (Phi) is 6.31. The Bertz CT molecular complexity index is 514. The van der Waals surface area contributed by atoms with Gasteiger partial charge in [-0.3, -0.25) is 4.99 Å². The molecule has 0 atom stereocenters. The topological polar surface area (TPSA) is 65.0 Å². The highest BCUT2D eigenvalue weighted by Crippen LogP contribution is 2.47. The summed E-state index contributed by atoms with van der Waals surface area (Å²) in [5, 5.41) is 3.38. The average molecular weight is 345 g/mol. The minimum atomic E-state index is -3.08. The summed E-state index contributed by atoms with van der Waals surface area (Å²) in [6.45, 7) is 8.05. The standard InChI is InChI=1S/C16H32N4O2S/c1-4-17-15(20-13-10-16(14-20)8-6-9-16)18-11-7-12-19(3)23(21,22)5-2/h4-14H2,1-3H3,(H,17,18). The van der Waals surface area contributed by atoms with Crippen LogP contribution in [0.1, 0.15) is 46.0 Å². The Morgan fingerprint density at radius 1 is 1.30 bits per heavy atom. The van der Waals surface area contributed by atoms with E-state index < -0.39 is 10.0 Å². The number of nitrogens with zero attached hydrogens (tertiary/aromatic N) is 3. The van der Waals surface area contributed by atoms with Crippen LogP contribution < -0.4 is 5.32 Å². The van der Waals surface area contributed by atoms with E-state index in [0.29, 0.717) is 18.5 Å². The molecule has 6 nitrogen and oxygen atoms in total. The number of sulfonamides is 1. The molecule has 0 aromatic carbocycles. The van der Waals surface area contributed by atoms with E-state index in [1.54, 1.807) is 14.0 Å². The summed E-state index contributed by atoms with van der Waals surface area (Å²) in [7, 11) is -1.43. The maximum absolute atomic E-state index is 11.7. The number of likely N-dealkylation sites (tertiary alicyclic amines) is 1. The molecule has 23 heavy (non-hydrogen) atoms. The third-order valence-electron chi connectivity index (χ3n) is 5.22. The number of hydrogen-bond acceptors (Lipinski definition) is 3. The molecular weight excluding hydrogens is 312 g/mol. The molecule has 1 saturated carbocycles. The molecule has 1 aliphatic carbocycles. The van der Waals surface area contributed by atoms with Crippen LogP contribution in [0.3, 0.4) is 0 Å². The zero-order valence-corrected chi connectivity index (χ0v) is 15.7. The molecule has 134 valence electrons. The third kappa shape index (κ3) is 4.59. The van der Waals surface area contributed by atoms with Crippen molar-refractivity contribution in [1.29, 1.82) is 0 Å². The number of rotatable bonds is 7. The third-order valence-corrected chi connectivity index (χ3v) is 7.08. The lowest BCUT2D eigenvalue weighted by Crippen LogP contribution is -2.42. The average Bonchev–Trinajstić information content (AvgIpc) is 2.95. The van der Waals surface area contributed by atoms with Gasteiger partial charge in [0.05, 0.1) is 5.75 Å². The van der Waals surface area contributed by atoms with Crippen LogP contribution in [0.5, 0.6) is 0 Å². The van der Waals surface area contributed by atoms with Crippen molar-refractivity contribution in [3.05, 3.63) is 0 Å². The van der Waals surface area contributed by atoms with Gasteiger partial charge in [-0.2, -0.15) is 0 Å². The minimum absolute atomic E-state index is 0.158. The molecule has 1 saturated heterocycles. The van der Waals surface area contributed by atoms with Gasteiger partial charge < -0.3 is 10.2 Å². The molecule has 0 aromatic heterocycles. The first-order valence-electron chi connectivity index (χ1n) is 8.90. The van der Waals surface area contributed by atoms with E-state index in [4.69, 9.17) is 4.99 Å². The predicted octanol–water partition coefficient (Wildman–Crippen LogP) is 1.50. The number of nitrogens with one attached hydrogen (secondary N) is 1. The van der Waals surface area contributed by atoms with Crippen LogP contribution in [0.25, 0.3) is 0 Å². The maximum atomic E-state index is 11.7. The first kappa shape index (κ1) is 18.5. The van der Waals surface area contributed by atoms with Gasteiger partial charge in [-0.05, 0) is 44.9 Å². The monoisotopic (exact) mass is 344 g/mol. The van der Waals surface area contributed by atoms with Gasteiger partial charge in [-0.25, -0.2) is 12.7 Å². The SMILES string of the molecule is CCNC(=NCCCN(C)S(=O)(=O)CC)N1CCC2(CCC2)C1. The van der Waals surface area contributed by atoms with Gasteiger partial charge >= 0.3 is 0 Å². The summed E-state index contributed by atoms with van der Waals surface area (Å²) in [4.78, 5) is 7.09. The Hall–Kier alpha value is -0.820. The Morgan fingerprint density at radius 2 is 2.04 bits per heavy atom. The molecule has 2 rings (SSSR count). The fraction of sp³-hybridized carbons (Fsp3) is 0.938. The van der Waals surface area contributed by atoms with E-state index >= 15 is 0 Å². The summed E-state index contributed by atoms with van der Waals surface area (Å²) < 4.78 is 24.9. The summed E-state index contributed by atoms with van der Waals surface area (Å²) in [6, 6.07) is 0.